The molecule has 5 heteroatoms. The van der Waals surface area contributed by atoms with Crippen molar-refractivity contribution in [3.63, 3.8) is 0 Å². The van der Waals surface area contributed by atoms with Gasteiger partial charge in [-0.3, -0.25) is 0 Å². The molecule has 0 aliphatic carbocycles. The van der Waals surface area contributed by atoms with Gasteiger partial charge in [-0.2, -0.15) is 0 Å². The average molecular weight is 439 g/mol. The van der Waals surface area contributed by atoms with Gasteiger partial charge >= 0.3 is 0 Å². The van der Waals surface area contributed by atoms with Crippen molar-refractivity contribution in [2.24, 2.45) is 4.99 Å². The summed E-state index contributed by atoms with van der Waals surface area (Å²) in [5.74, 6) is 0.673. The second-order valence-electron chi connectivity index (χ2n) is 7.77. The van der Waals surface area contributed by atoms with Crippen molar-refractivity contribution >= 4 is 76.0 Å². The van der Waals surface area contributed by atoms with Crippen LogP contribution in [0.5, 0.6) is 0 Å². The van der Waals surface area contributed by atoms with E-state index in [0.29, 0.717) is 11.2 Å². The Labute approximate surface area is 186 Å². The smallest absolute Gasteiger partial charge is 0.206 e. The molecule has 1 aliphatic rings. The van der Waals surface area contributed by atoms with Crippen LogP contribution in [0.1, 0.15) is 17.2 Å². The number of fused-ring (bicyclic) bond motifs is 8. The SMILES string of the molecule is ClC1=NC(c2cc3sc4ccccc4c3c3ccccc23)c2c(oc3ccccc23)N1. The number of para-hydroxylation sites is 1. The van der Waals surface area contributed by atoms with E-state index in [1.54, 1.807) is 0 Å². The summed E-state index contributed by atoms with van der Waals surface area (Å²) in [4.78, 5) is 4.84. The zero-order chi connectivity index (χ0) is 20.5. The molecule has 0 saturated carbocycles. The highest BCUT2D eigenvalue weighted by Gasteiger charge is 2.30. The summed E-state index contributed by atoms with van der Waals surface area (Å²) < 4.78 is 8.64. The predicted octanol–water partition coefficient (Wildman–Crippen LogP) is 8.06. The van der Waals surface area contributed by atoms with Crippen molar-refractivity contribution < 1.29 is 4.42 Å². The highest BCUT2D eigenvalue weighted by atomic mass is 35.5. The van der Waals surface area contributed by atoms with Crippen LogP contribution in [0.3, 0.4) is 0 Å². The number of benzene rings is 4. The van der Waals surface area contributed by atoms with Crippen molar-refractivity contribution in [3.05, 3.63) is 90.0 Å². The molecule has 6 aromatic rings. The third-order valence-corrected chi connectivity index (χ3v) is 7.39. The monoisotopic (exact) mass is 438 g/mol. The van der Waals surface area contributed by atoms with Gasteiger partial charge in [0.15, 0.2) is 5.29 Å². The third kappa shape index (κ3) is 2.43. The Morgan fingerprint density at radius 1 is 0.806 bits per heavy atom. The van der Waals surface area contributed by atoms with E-state index in [2.05, 4.69) is 66.0 Å². The van der Waals surface area contributed by atoms with Crippen molar-refractivity contribution in [2.75, 3.05) is 5.32 Å². The van der Waals surface area contributed by atoms with Crippen molar-refractivity contribution in [3.8, 4) is 0 Å². The molecule has 31 heavy (non-hydrogen) atoms. The summed E-state index contributed by atoms with van der Waals surface area (Å²) >= 11 is 8.25. The molecule has 1 aliphatic heterocycles. The fourth-order valence-electron chi connectivity index (χ4n) is 4.80. The molecule has 2 aromatic heterocycles. The lowest BCUT2D eigenvalue weighted by Crippen LogP contribution is -2.15. The minimum atomic E-state index is -0.244. The highest BCUT2D eigenvalue weighted by molar-refractivity contribution is 7.26. The fraction of sp³-hybridized carbons (Fsp3) is 0.0385. The topological polar surface area (TPSA) is 37.5 Å². The van der Waals surface area contributed by atoms with Gasteiger partial charge in [0.05, 0.1) is 5.56 Å². The fourth-order valence-corrected chi connectivity index (χ4v) is 6.16. The van der Waals surface area contributed by atoms with E-state index in [1.807, 2.05) is 29.5 Å². The second kappa shape index (κ2) is 6.33. The third-order valence-electron chi connectivity index (χ3n) is 6.08. The summed E-state index contributed by atoms with van der Waals surface area (Å²) in [6, 6.07) is 27.3. The van der Waals surface area contributed by atoms with E-state index < -0.39 is 0 Å². The molecule has 0 amide bonds. The van der Waals surface area contributed by atoms with E-state index in [1.165, 1.54) is 30.9 Å². The quantitative estimate of drug-likeness (QED) is 0.263. The first-order valence-corrected chi connectivity index (χ1v) is 11.3. The number of aliphatic imine (C=N–C) groups is 1. The maximum Gasteiger partial charge on any atom is 0.206 e. The number of hydrogen-bond acceptors (Lipinski definition) is 4. The predicted molar refractivity (Wildman–Crippen MR) is 132 cm³/mol. The minimum absolute atomic E-state index is 0.244. The summed E-state index contributed by atoms with van der Waals surface area (Å²) in [7, 11) is 0. The van der Waals surface area contributed by atoms with Gasteiger partial charge in [-0.05, 0) is 46.1 Å². The minimum Gasteiger partial charge on any atom is -0.440 e. The Balaban J connectivity index is 1.61. The summed E-state index contributed by atoms with van der Waals surface area (Å²) in [6.07, 6.45) is 0. The van der Waals surface area contributed by atoms with Crippen molar-refractivity contribution in [1.29, 1.82) is 0 Å². The van der Waals surface area contributed by atoms with E-state index >= 15 is 0 Å². The first kappa shape index (κ1) is 17.4. The zero-order valence-corrected chi connectivity index (χ0v) is 17.8. The number of rotatable bonds is 1. The Hall–Kier alpha value is -3.34. The van der Waals surface area contributed by atoms with Crippen LogP contribution in [-0.2, 0) is 0 Å². The molecule has 7 rings (SSSR count). The van der Waals surface area contributed by atoms with Crippen LogP contribution in [0.4, 0.5) is 5.88 Å². The van der Waals surface area contributed by atoms with E-state index in [4.69, 9.17) is 21.0 Å². The van der Waals surface area contributed by atoms with Crippen molar-refractivity contribution in [2.45, 2.75) is 6.04 Å². The molecule has 0 saturated heterocycles. The van der Waals surface area contributed by atoms with Crippen LogP contribution in [0.15, 0.2) is 88.3 Å². The summed E-state index contributed by atoms with van der Waals surface area (Å²) in [5, 5.41) is 9.55. The Kier molecular flexibility index (Phi) is 3.54. The van der Waals surface area contributed by atoms with Crippen molar-refractivity contribution in [1.82, 2.24) is 0 Å². The number of nitrogens with one attached hydrogen (secondary N) is 1. The van der Waals surface area contributed by atoms with Gasteiger partial charge in [-0.1, -0.05) is 60.7 Å². The Bertz CT molecular complexity index is 1690. The lowest BCUT2D eigenvalue weighted by atomic mass is 9.91. The highest BCUT2D eigenvalue weighted by Crippen LogP contribution is 2.47. The maximum absolute atomic E-state index is 6.43. The largest absolute Gasteiger partial charge is 0.440 e. The number of halogens is 1. The number of hydrogen-bond donors (Lipinski definition) is 1. The van der Waals surface area contributed by atoms with Gasteiger partial charge in [0, 0.05) is 25.6 Å². The molecular formula is C26H15ClN2OS. The van der Waals surface area contributed by atoms with Gasteiger partial charge in [0.25, 0.3) is 0 Å². The number of anilines is 1. The molecule has 1 N–H and O–H groups in total. The van der Waals surface area contributed by atoms with Gasteiger partial charge in [0.1, 0.15) is 11.6 Å². The summed E-state index contributed by atoms with van der Waals surface area (Å²) in [6.45, 7) is 0. The molecular weight excluding hydrogens is 424 g/mol. The van der Waals surface area contributed by atoms with Gasteiger partial charge < -0.3 is 9.73 Å². The van der Waals surface area contributed by atoms with E-state index in [-0.39, 0.29) is 6.04 Å². The number of nitrogens with zero attached hydrogens (tertiary/aromatic N) is 1. The van der Waals surface area contributed by atoms with Gasteiger partial charge in [-0.25, -0.2) is 4.99 Å². The zero-order valence-electron chi connectivity index (χ0n) is 16.2. The average Bonchev–Trinajstić information content (AvgIpc) is 3.36. The second-order valence-corrected chi connectivity index (χ2v) is 9.21. The van der Waals surface area contributed by atoms with Crippen LogP contribution >= 0.6 is 22.9 Å². The molecule has 1 unspecified atom stereocenters. The molecule has 3 heterocycles. The van der Waals surface area contributed by atoms with Crippen LogP contribution in [0, 0.1) is 0 Å². The maximum atomic E-state index is 6.43. The van der Waals surface area contributed by atoms with Crippen LogP contribution in [-0.4, -0.2) is 5.29 Å². The van der Waals surface area contributed by atoms with E-state index in [9.17, 15) is 0 Å². The lowest BCUT2D eigenvalue weighted by molar-refractivity contribution is 0.625. The molecule has 0 bridgehead atoms. The molecule has 148 valence electrons. The molecule has 0 fully saturated rings. The van der Waals surface area contributed by atoms with Crippen LogP contribution in [0.25, 0.3) is 41.9 Å². The van der Waals surface area contributed by atoms with Crippen LogP contribution in [0.2, 0.25) is 0 Å². The normalized spacial score (nSPS) is 16.0. The molecule has 0 radical (unpaired) electrons. The Morgan fingerprint density at radius 3 is 2.39 bits per heavy atom. The lowest BCUT2D eigenvalue weighted by Gasteiger charge is -2.21. The van der Waals surface area contributed by atoms with Gasteiger partial charge in [-0.15, -0.1) is 11.3 Å². The number of furan rings is 1. The molecule has 3 nitrogen and oxygen atoms in total. The first-order valence-electron chi connectivity index (χ1n) is 10.1. The summed E-state index contributed by atoms with van der Waals surface area (Å²) in [5.41, 5.74) is 3.01. The van der Waals surface area contributed by atoms with Crippen LogP contribution < -0.4 is 5.32 Å². The Morgan fingerprint density at radius 2 is 1.52 bits per heavy atom. The molecule has 1 atom stereocenters. The first-order chi connectivity index (χ1) is 15.3. The number of amidine groups is 1. The number of thiophene rings is 1. The van der Waals surface area contributed by atoms with Gasteiger partial charge in [0.2, 0.25) is 5.88 Å². The molecule has 4 aromatic carbocycles. The van der Waals surface area contributed by atoms with E-state index in [0.717, 1.165) is 22.1 Å². The standard InChI is InChI=1S/C26H15ClN2OS/c27-26-28-24(23-16-9-3-5-11-19(16)30-25(23)29-26)18-13-21-22(15-8-2-1-7-14(15)18)17-10-4-6-12-20(17)31-21/h1-13,24H,(H,28,29). The molecule has 0 spiro atoms.